The number of methoxy groups -OCH3 is 1. The minimum atomic E-state index is -0.791. The summed E-state index contributed by atoms with van der Waals surface area (Å²) in [5.74, 6) is -1.53. The van der Waals surface area contributed by atoms with Crippen LogP contribution >= 0.6 is 27.5 Å². The number of alkyl halides is 1. The van der Waals surface area contributed by atoms with E-state index in [1.54, 1.807) is 0 Å². The molecule has 0 radical (unpaired) electrons. The van der Waals surface area contributed by atoms with E-state index in [4.69, 9.17) is 11.6 Å². The molecule has 6 nitrogen and oxygen atoms in total. The van der Waals surface area contributed by atoms with Gasteiger partial charge in [-0.2, -0.15) is 0 Å². The van der Waals surface area contributed by atoms with Gasteiger partial charge in [-0.05, 0) is 6.07 Å². The maximum absolute atomic E-state index is 11.6. The number of Topliss-reactive ketones (excluding diaryl/α,β-unsaturated/α-hetero) is 1. The third-order valence-electron chi connectivity index (χ3n) is 2.05. The Morgan fingerprint density at radius 3 is 2.58 bits per heavy atom. The summed E-state index contributed by atoms with van der Waals surface area (Å²) >= 11 is 8.94. The highest BCUT2D eigenvalue weighted by Gasteiger charge is 2.20. The Kier molecular flexibility index (Phi) is 5.44. The number of amides is 1. The van der Waals surface area contributed by atoms with Crippen LogP contribution in [0.1, 0.15) is 27.9 Å². The van der Waals surface area contributed by atoms with Gasteiger partial charge in [-0.25, -0.2) is 9.78 Å². The number of esters is 1. The standard InChI is InChI=1S/C11H10BrClN2O4/c1-5(16)14-7-3-6(8(17)4-12)15-10(9(7)13)11(18)19-2/h3H,4H2,1-2H3,(H,14,15,16). The molecule has 1 rings (SSSR count). The Morgan fingerprint density at radius 2 is 2.11 bits per heavy atom. The van der Waals surface area contributed by atoms with Crippen LogP contribution in [0.5, 0.6) is 0 Å². The molecule has 0 fully saturated rings. The summed E-state index contributed by atoms with van der Waals surface area (Å²) in [5, 5.41) is 2.38. The number of rotatable bonds is 4. The molecule has 0 aliphatic rings. The maximum Gasteiger partial charge on any atom is 0.358 e. The first-order valence-corrected chi connectivity index (χ1v) is 6.56. The lowest BCUT2D eigenvalue weighted by atomic mass is 10.2. The lowest BCUT2D eigenvalue weighted by molar-refractivity contribution is -0.114. The summed E-state index contributed by atoms with van der Waals surface area (Å²) in [4.78, 5) is 38.0. The SMILES string of the molecule is COC(=O)c1nc(C(=O)CBr)cc(NC(C)=O)c1Cl. The van der Waals surface area contributed by atoms with E-state index >= 15 is 0 Å². The Balaban J connectivity index is 3.41. The number of hydrogen-bond acceptors (Lipinski definition) is 5. The second-order valence-electron chi connectivity index (χ2n) is 3.45. The topological polar surface area (TPSA) is 85.4 Å². The van der Waals surface area contributed by atoms with Crippen LogP contribution in [0.3, 0.4) is 0 Å². The zero-order valence-corrected chi connectivity index (χ0v) is 12.5. The van der Waals surface area contributed by atoms with Crippen LogP contribution in [0.25, 0.3) is 0 Å². The molecular weight excluding hydrogens is 339 g/mol. The minimum Gasteiger partial charge on any atom is -0.464 e. The van der Waals surface area contributed by atoms with Crippen molar-refractivity contribution >= 4 is 50.9 Å². The van der Waals surface area contributed by atoms with E-state index in [1.165, 1.54) is 13.0 Å². The number of anilines is 1. The highest BCUT2D eigenvalue weighted by atomic mass is 79.9. The second-order valence-corrected chi connectivity index (χ2v) is 4.39. The molecule has 0 saturated carbocycles. The summed E-state index contributed by atoms with van der Waals surface area (Å²) < 4.78 is 4.52. The first kappa shape index (κ1) is 15.6. The molecule has 19 heavy (non-hydrogen) atoms. The van der Waals surface area contributed by atoms with Crippen molar-refractivity contribution in [1.82, 2.24) is 4.98 Å². The van der Waals surface area contributed by atoms with Crippen molar-refractivity contribution in [3.63, 3.8) is 0 Å². The van der Waals surface area contributed by atoms with Crippen molar-refractivity contribution in [3.05, 3.63) is 22.5 Å². The monoisotopic (exact) mass is 348 g/mol. The molecule has 0 aliphatic carbocycles. The summed E-state index contributed by atoms with van der Waals surface area (Å²) in [7, 11) is 1.16. The molecule has 0 aromatic carbocycles. The van der Waals surface area contributed by atoms with Gasteiger partial charge in [-0.3, -0.25) is 9.59 Å². The van der Waals surface area contributed by atoms with E-state index in [-0.39, 0.29) is 39.1 Å². The summed E-state index contributed by atoms with van der Waals surface area (Å²) in [6.07, 6.45) is 0. The summed E-state index contributed by atoms with van der Waals surface area (Å²) in [6.45, 7) is 1.28. The predicted molar refractivity (Wildman–Crippen MR) is 73.0 cm³/mol. The fourth-order valence-corrected chi connectivity index (χ4v) is 1.76. The van der Waals surface area contributed by atoms with E-state index in [0.717, 1.165) is 7.11 Å². The third kappa shape index (κ3) is 3.74. The molecule has 0 unspecified atom stereocenters. The molecule has 0 saturated heterocycles. The van der Waals surface area contributed by atoms with Crippen LogP contribution in [0.15, 0.2) is 6.07 Å². The van der Waals surface area contributed by atoms with Crippen molar-refractivity contribution < 1.29 is 19.1 Å². The van der Waals surface area contributed by atoms with E-state index in [2.05, 4.69) is 31.0 Å². The van der Waals surface area contributed by atoms with Crippen LogP contribution in [0, 0.1) is 0 Å². The Labute approximate surface area is 122 Å². The summed E-state index contributed by atoms with van der Waals surface area (Å²) in [6, 6.07) is 1.31. The van der Waals surface area contributed by atoms with E-state index in [9.17, 15) is 14.4 Å². The molecule has 0 aliphatic heterocycles. The maximum atomic E-state index is 11.6. The molecule has 1 amide bonds. The van der Waals surface area contributed by atoms with Gasteiger partial charge >= 0.3 is 5.97 Å². The van der Waals surface area contributed by atoms with Gasteiger partial charge in [0.1, 0.15) is 5.69 Å². The van der Waals surface area contributed by atoms with Crippen molar-refractivity contribution in [2.75, 3.05) is 17.8 Å². The van der Waals surface area contributed by atoms with Gasteiger partial charge in [-0.1, -0.05) is 27.5 Å². The lowest BCUT2D eigenvalue weighted by Gasteiger charge is -2.10. The highest BCUT2D eigenvalue weighted by molar-refractivity contribution is 9.09. The zero-order valence-electron chi connectivity index (χ0n) is 10.1. The molecule has 8 heteroatoms. The number of carbonyl (C=O) groups excluding carboxylic acids is 3. The molecule has 1 aromatic rings. The number of aromatic nitrogens is 1. The van der Waals surface area contributed by atoms with Gasteiger partial charge in [0.2, 0.25) is 5.91 Å². The van der Waals surface area contributed by atoms with Crippen molar-refractivity contribution in [1.29, 1.82) is 0 Å². The molecule has 1 N–H and O–H groups in total. The lowest BCUT2D eigenvalue weighted by Crippen LogP contribution is -2.15. The predicted octanol–water partition coefficient (Wildman–Crippen LogP) is 2.06. The molecule has 0 spiro atoms. The molecule has 1 heterocycles. The minimum absolute atomic E-state index is 0.00502. The van der Waals surface area contributed by atoms with Crippen LogP contribution in [0.4, 0.5) is 5.69 Å². The number of nitrogens with zero attached hydrogens (tertiary/aromatic N) is 1. The van der Waals surface area contributed by atoms with Crippen LogP contribution in [0.2, 0.25) is 5.02 Å². The zero-order chi connectivity index (χ0) is 14.6. The molecular formula is C11H10BrClN2O4. The van der Waals surface area contributed by atoms with Gasteiger partial charge in [0.15, 0.2) is 11.5 Å². The fourth-order valence-electron chi connectivity index (χ4n) is 1.25. The first-order valence-electron chi connectivity index (χ1n) is 5.06. The number of pyridine rings is 1. The van der Waals surface area contributed by atoms with E-state index in [0.29, 0.717) is 0 Å². The second kappa shape index (κ2) is 6.63. The van der Waals surface area contributed by atoms with Crippen molar-refractivity contribution in [2.24, 2.45) is 0 Å². The van der Waals surface area contributed by atoms with Gasteiger partial charge < -0.3 is 10.1 Å². The number of carbonyl (C=O) groups is 3. The smallest absolute Gasteiger partial charge is 0.358 e. The quantitative estimate of drug-likeness (QED) is 0.511. The molecule has 1 aromatic heterocycles. The number of ketones is 1. The third-order valence-corrected chi connectivity index (χ3v) is 2.95. The normalized spacial score (nSPS) is 9.89. The Bertz CT molecular complexity index is 548. The van der Waals surface area contributed by atoms with Crippen LogP contribution < -0.4 is 5.32 Å². The Morgan fingerprint density at radius 1 is 1.47 bits per heavy atom. The fraction of sp³-hybridized carbons (Fsp3) is 0.273. The molecule has 0 atom stereocenters. The van der Waals surface area contributed by atoms with Crippen LogP contribution in [-0.4, -0.2) is 35.1 Å². The summed E-state index contributed by atoms with van der Waals surface area (Å²) in [5.41, 5.74) is -0.0843. The van der Waals surface area contributed by atoms with Gasteiger partial charge in [0, 0.05) is 6.92 Å². The number of halogens is 2. The van der Waals surface area contributed by atoms with Gasteiger partial charge in [0.05, 0.1) is 23.1 Å². The number of hydrogen-bond donors (Lipinski definition) is 1. The van der Waals surface area contributed by atoms with E-state index in [1.807, 2.05) is 0 Å². The molecule has 0 bridgehead atoms. The van der Waals surface area contributed by atoms with Crippen LogP contribution in [-0.2, 0) is 9.53 Å². The largest absolute Gasteiger partial charge is 0.464 e. The van der Waals surface area contributed by atoms with Crippen molar-refractivity contribution in [3.8, 4) is 0 Å². The number of ether oxygens (including phenoxy) is 1. The van der Waals surface area contributed by atoms with Crippen molar-refractivity contribution in [2.45, 2.75) is 6.92 Å². The van der Waals surface area contributed by atoms with Gasteiger partial charge in [0.25, 0.3) is 0 Å². The van der Waals surface area contributed by atoms with E-state index < -0.39 is 5.97 Å². The Hall–Kier alpha value is -1.47. The highest BCUT2D eigenvalue weighted by Crippen LogP contribution is 2.26. The van der Waals surface area contributed by atoms with Gasteiger partial charge in [-0.15, -0.1) is 0 Å². The average molecular weight is 350 g/mol. The average Bonchev–Trinajstić information content (AvgIpc) is 2.38. The number of nitrogens with one attached hydrogen (secondary N) is 1. The molecule has 102 valence electrons. The first-order chi connectivity index (χ1) is 8.90.